The fraction of sp³-hybridized carbons (Fsp3) is 0.281. The van der Waals surface area contributed by atoms with E-state index < -0.39 is 11.4 Å². The SMILES string of the molecule is CCOc1ccc(F)cc1-n1c(C=C(C)C)c(C(=O)N2CCCCC2)cc(-c2nc(-c3ccc(Cl)cc3)cs2)c1=O. The Labute approximate surface area is 247 Å². The zero-order valence-corrected chi connectivity index (χ0v) is 24.8. The van der Waals surface area contributed by atoms with Gasteiger partial charge in [-0.15, -0.1) is 11.3 Å². The molecule has 212 valence electrons. The molecule has 0 N–H and O–H groups in total. The number of carbonyl (C=O) groups is 1. The molecule has 0 radical (unpaired) electrons. The van der Waals surface area contributed by atoms with Crippen LogP contribution in [-0.4, -0.2) is 40.1 Å². The molecule has 0 aliphatic carbocycles. The van der Waals surface area contributed by atoms with Crippen molar-refractivity contribution in [1.82, 2.24) is 14.5 Å². The van der Waals surface area contributed by atoms with Gasteiger partial charge >= 0.3 is 0 Å². The molecule has 4 aromatic rings. The number of carbonyl (C=O) groups excluding carboxylic acids is 1. The van der Waals surface area contributed by atoms with E-state index >= 15 is 0 Å². The third-order valence-electron chi connectivity index (χ3n) is 6.87. The smallest absolute Gasteiger partial charge is 0.266 e. The van der Waals surface area contributed by atoms with Gasteiger partial charge in [0.2, 0.25) is 0 Å². The number of hydrogen-bond acceptors (Lipinski definition) is 5. The molecule has 5 rings (SSSR count). The number of ether oxygens (including phenoxy) is 1. The Morgan fingerprint density at radius 2 is 1.83 bits per heavy atom. The first-order chi connectivity index (χ1) is 19.8. The average Bonchev–Trinajstić information content (AvgIpc) is 3.45. The highest BCUT2D eigenvalue weighted by atomic mass is 35.5. The summed E-state index contributed by atoms with van der Waals surface area (Å²) in [5.41, 5.74) is 3.23. The van der Waals surface area contributed by atoms with Crippen LogP contribution in [0.15, 0.2) is 64.3 Å². The minimum absolute atomic E-state index is 0.170. The van der Waals surface area contributed by atoms with Gasteiger partial charge in [-0.05, 0) is 76.4 Å². The summed E-state index contributed by atoms with van der Waals surface area (Å²) >= 11 is 7.38. The Bertz CT molecular complexity index is 1670. The number of allylic oxidation sites excluding steroid dienone is 1. The fourth-order valence-corrected chi connectivity index (χ4v) is 5.93. The summed E-state index contributed by atoms with van der Waals surface area (Å²) in [4.78, 5) is 35.0. The van der Waals surface area contributed by atoms with Crippen LogP contribution >= 0.6 is 22.9 Å². The van der Waals surface area contributed by atoms with Crippen molar-refractivity contribution in [1.29, 1.82) is 0 Å². The van der Waals surface area contributed by atoms with E-state index in [-0.39, 0.29) is 17.2 Å². The second-order valence-corrected chi connectivity index (χ2v) is 11.5. The summed E-state index contributed by atoms with van der Waals surface area (Å²) < 4.78 is 21.9. The van der Waals surface area contributed by atoms with Crippen LogP contribution in [0.2, 0.25) is 5.02 Å². The zero-order chi connectivity index (χ0) is 29.1. The van der Waals surface area contributed by atoms with Gasteiger partial charge in [0.15, 0.2) is 0 Å². The largest absolute Gasteiger partial charge is 0.492 e. The molecule has 2 aromatic heterocycles. The van der Waals surface area contributed by atoms with Gasteiger partial charge in [0.25, 0.3) is 11.5 Å². The molecule has 1 saturated heterocycles. The molecule has 0 spiro atoms. The Hall–Kier alpha value is -3.75. The topological polar surface area (TPSA) is 64.4 Å². The van der Waals surface area contributed by atoms with Gasteiger partial charge in [-0.25, -0.2) is 9.37 Å². The predicted molar refractivity (Wildman–Crippen MR) is 164 cm³/mol. The summed E-state index contributed by atoms with van der Waals surface area (Å²) in [7, 11) is 0. The van der Waals surface area contributed by atoms with Gasteiger partial charge < -0.3 is 9.64 Å². The van der Waals surface area contributed by atoms with Crippen LogP contribution < -0.4 is 10.3 Å². The highest BCUT2D eigenvalue weighted by Gasteiger charge is 2.27. The Morgan fingerprint density at radius 1 is 1.10 bits per heavy atom. The van der Waals surface area contributed by atoms with Gasteiger partial charge in [0, 0.05) is 35.1 Å². The number of nitrogens with zero attached hydrogens (tertiary/aromatic N) is 3. The predicted octanol–water partition coefficient (Wildman–Crippen LogP) is 7.87. The van der Waals surface area contributed by atoms with Crippen molar-refractivity contribution in [2.24, 2.45) is 0 Å². The number of rotatable bonds is 7. The number of hydrogen-bond donors (Lipinski definition) is 0. The van der Waals surface area contributed by atoms with Crippen LogP contribution in [0.1, 0.15) is 56.1 Å². The molecule has 1 amide bonds. The monoisotopic (exact) mass is 591 g/mol. The summed E-state index contributed by atoms with van der Waals surface area (Å²) in [6.45, 7) is 7.22. The number of likely N-dealkylation sites (tertiary alicyclic amines) is 1. The molecule has 2 aromatic carbocycles. The van der Waals surface area contributed by atoms with Crippen LogP contribution in [0.5, 0.6) is 5.75 Å². The lowest BCUT2D eigenvalue weighted by Crippen LogP contribution is -2.37. The van der Waals surface area contributed by atoms with Crippen LogP contribution in [0.25, 0.3) is 33.6 Å². The van der Waals surface area contributed by atoms with Crippen molar-refractivity contribution in [3.8, 4) is 33.3 Å². The minimum atomic E-state index is -0.521. The maximum Gasteiger partial charge on any atom is 0.266 e. The van der Waals surface area contributed by atoms with Crippen molar-refractivity contribution in [3.63, 3.8) is 0 Å². The number of thiazole rings is 1. The molecule has 1 aliphatic rings. The molecule has 1 aliphatic heterocycles. The van der Waals surface area contributed by atoms with E-state index in [1.807, 2.05) is 43.2 Å². The standard InChI is InChI=1S/C32H31ClFN3O3S/c1-4-40-29-13-12-23(34)17-28(29)37-27(16-20(2)3)24(31(38)36-14-6-5-7-15-36)18-25(32(37)39)30-35-26(19-41-30)21-8-10-22(33)11-9-21/h8-13,16-19H,4-7,14-15H2,1-3H3. The third-order valence-corrected chi connectivity index (χ3v) is 8.00. The highest BCUT2D eigenvalue weighted by molar-refractivity contribution is 7.13. The van der Waals surface area contributed by atoms with Gasteiger partial charge in [0.1, 0.15) is 16.6 Å². The van der Waals surface area contributed by atoms with Crippen molar-refractivity contribution < 1.29 is 13.9 Å². The van der Waals surface area contributed by atoms with Crippen molar-refractivity contribution in [2.45, 2.75) is 40.0 Å². The van der Waals surface area contributed by atoms with Crippen LogP contribution in [0.4, 0.5) is 4.39 Å². The molecule has 3 heterocycles. The number of halogens is 2. The van der Waals surface area contributed by atoms with Gasteiger partial charge in [-0.1, -0.05) is 29.3 Å². The quantitative estimate of drug-likeness (QED) is 0.219. The molecule has 6 nitrogen and oxygen atoms in total. The molecule has 0 unspecified atom stereocenters. The number of piperidine rings is 1. The number of amides is 1. The fourth-order valence-electron chi connectivity index (χ4n) is 4.97. The lowest BCUT2D eigenvalue weighted by Gasteiger charge is -2.28. The van der Waals surface area contributed by atoms with E-state index in [4.69, 9.17) is 21.3 Å². The summed E-state index contributed by atoms with van der Waals surface area (Å²) in [6.07, 6.45) is 4.71. The van der Waals surface area contributed by atoms with E-state index in [1.54, 1.807) is 24.3 Å². The Balaban J connectivity index is 1.80. The summed E-state index contributed by atoms with van der Waals surface area (Å²) in [5, 5.41) is 2.94. The van der Waals surface area contributed by atoms with Crippen molar-refractivity contribution >= 4 is 34.9 Å². The Morgan fingerprint density at radius 3 is 2.51 bits per heavy atom. The average molecular weight is 592 g/mol. The lowest BCUT2D eigenvalue weighted by molar-refractivity contribution is 0.0723. The Kier molecular flexibility index (Phi) is 8.71. The molecule has 41 heavy (non-hydrogen) atoms. The van der Waals surface area contributed by atoms with Gasteiger partial charge in [0.05, 0.1) is 34.8 Å². The third kappa shape index (κ3) is 6.14. The molecule has 0 saturated carbocycles. The first kappa shape index (κ1) is 28.8. The number of pyridine rings is 1. The lowest BCUT2D eigenvalue weighted by atomic mass is 10.0. The first-order valence-corrected chi connectivity index (χ1v) is 14.9. The molecule has 1 fully saturated rings. The normalized spacial score (nSPS) is 13.2. The van der Waals surface area contributed by atoms with E-state index in [2.05, 4.69) is 0 Å². The molecular formula is C32H31ClFN3O3S. The minimum Gasteiger partial charge on any atom is -0.492 e. The van der Waals surface area contributed by atoms with Gasteiger partial charge in [-0.3, -0.25) is 14.2 Å². The molecule has 9 heteroatoms. The van der Waals surface area contributed by atoms with Crippen LogP contribution in [0.3, 0.4) is 0 Å². The molecule has 0 atom stereocenters. The maximum atomic E-state index is 14.7. The van der Waals surface area contributed by atoms with E-state index in [0.29, 0.717) is 52.4 Å². The first-order valence-electron chi connectivity index (χ1n) is 13.7. The summed E-state index contributed by atoms with van der Waals surface area (Å²) in [5.74, 6) is -0.350. The number of aromatic nitrogens is 2. The van der Waals surface area contributed by atoms with Crippen LogP contribution in [-0.2, 0) is 0 Å². The van der Waals surface area contributed by atoms with Crippen molar-refractivity contribution in [3.05, 3.63) is 91.9 Å². The van der Waals surface area contributed by atoms with Crippen molar-refractivity contribution in [2.75, 3.05) is 19.7 Å². The number of benzene rings is 2. The van der Waals surface area contributed by atoms with E-state index in [9.17, 15) is 14.0 Å². The second kappa shape index (κ2) is 12.4. The second-order valence-electron chi connectivity index (χ2n) is 10.2. The molecule has 0 bridgehead atoms. The maximum absolute atomic E-state index is 14.7. The highest BCUT2D eigenvalue weighted by Crippen LogP contribution is 2.33. The summed E-state index contributed by atoms with van der Waals surface area (Å²) in [6, 6.07) is 13.0. The van der Waals surface area contributed by atoms with Gasteiger partial charge in [-0.2, -0.15) is 0 Å². The van der Waals surface area contributed by atoms with E-state index in [0.717, 1.165) is 30.4 Å². The van der Waals surface area contributed by atoms with Crippen LogP contribution in [0, 0.1) is 5.82 Å². The zero-order valence-electron chi connectivity index (χ0n) is 23.2. The van der Waals surface area contributed by atoms with E-state index in [1.165, 1.54) is 34.1 Å². The molecular weight excluding hydrogens is 561 g/mol.